The quantitative estimate of drug-likeness (QED) is 0.850. The third kappa shape index (κ3) is 3.49. The van der Waals surface area contributed by atoms with Crippen LogP contribution in [0.15, 0.2) is 23.1 Å². The lowest BCUT2D eigenvalue weighted by Gasteiger charge is -2.10. The Morgan fingerprint density at radius 2 is 2.14 bits per heavy atom. The van der Waals surface area contributed by atoms with E-state index in [9.17, 15) is 13.2 Å². The zero-order valence-electron chi connectivity index (χ0n) is 11.0. The summed E-state index contributed by atoms with van der Waals surface area (Å²) in [6.07, 6.45) is 0. The number of benzene rings is 1. The molecule has 21 heavy (non-hydrogen) atoms. The van der Waals surface area contributed by atoms with Crippen molar-refractivity contribution >= 4 is 42.9 Å². The van der Waals surface area contributed by atoms with Gasteiger partial charge >= 0.3 is 0 Å². The van der Waals surface area contributed by atoms with Crippen LogP contribution in [0.1, 0.15) is 15.4 Å². The Hall–Kier alpha value is -1.71. The number of halogens is 1. The van der Waals surface area contributed by atoms with Crippen LogP contribution in [0, 0.1) is 6.92 Å². The molecule has 2 aromatic rings. The number of nitrogens with zero attached hydrogens (tertiary/aromatic N) is 2. The number of anilines is 1. The van der Waals surface area contributed by atoms with Gasteiger partial charge in [-0.1, -0.05) is 4.49 Å². The van der Waals surface area contributed by atoms with E-state index in [0.717, 1.165) is 11.5 Å². The number of hydrogen-bond acceptors (Lipinski definition) is 7. The second kappa shape index (κ2) is 5.96. The van der Waals surface area contributed by atoms with Crippen LogP contribution in [0.25, 0.3) is 0 Å². The van der Waals surface area contributed by atoms with Gasteiger partial charge in [0.2, 0.25) is 0 Å². The average Bonchev–Trinajstić information content (AvgIpc) is 2.84. The van der Waals surface area contributed by atoms with Crippen LogP contribution < -0.4 is 10.1 Å². The molecule has 1 N–H and O–H groups in total. The summed E-state index contributed by atoms with van der Waals surface area (Å²) in [4.78, 5) is 12.3. The molecule has 0 aliphatic heterocycles. The second-order valence-corrected chi connectivity index (χ2v) is 7.26. The Bertz CT molecular complexity index is 789. The van der Waals surface area contributed by atoms with Crippen molar-refractivity contribution in [3.8, 4) is 5.75 Å². The highest BCUT2D eigenvalue weighted by Crippen LogP contribution is 2.29. The van der Waals surface area contributed by atoms with Crippen molar-refractivity contribution in [3.63, 3.8) is 0 Å². The Morgan fingerprint density at radius 1 is 1.43 bits per heavy atom. The lowest BCUT2D eigenvalue weighted by Crippen LogP contribution is -2.12. The molecule has 1 aromatic carbocycles. The number of carbonyl (C=O) groups excluding carboxylic acids is 1. The summed E-state index contributed by atoms with van der Waals surface area (Å²) in [5.74, 6) is -0.146. The van der Waals surface area contributed by atoms with Gasteiger partial charge < -0.3 is 10.1 Å². The first-order valence-corrected chi connectivity index (χ1v) is 8.64. The van der Waals surface area contributed by atoms with Crippen molar-refractivity contribution in [2.75, 3.05) is 12.4 Å². The molecule has 0 atom stereocenters. The highest BCUT2D eigenvalue weighted by molar-refractivity contribution is 8.13. The lowest BCUT2D eigenvalue weighted by molar-refractivity contribution is 0.102. The Kier molecular flexibility index (Phi) is 4.45. The summed E-state index contributed by atoms with van der Waals surface area (Å²) in [5, 5.41) is 6.30. The van der Waals surface area contributed by atoms with Crippen molar-refractivity contribution in [2.45, 2.75) is 11.8 Å². The summed E-state index contributed by atoms with van der Waals surface area (Å²) < 4.78 is 31.4. The van der Waals surface area contributed by atoms with Gasteiger partial charge in [-0.3, -0.25) is 4.79 Å². The van der Waals surface area contributed by atoms with E-state index >= 15 is 0 Å². The van der Waals surface area contributed by atoms with Gasteiger partial charge in [0, 0.05) is 10.7 Å². The normalized spacial score (nSPS) is 11.2. The molecule has 0 radical (unpaired) electrons. The topological polar surface area (TPSA) is 98.2 Å². The molecule has 0 saturated heterocycles. The summed E-state index contributed by atoms with van der Waals surface area (Å²) in [6, 6.07) is 3.92. The minimum absolute atomic E-state index is 0.139. The van der Waals surface area contributed by atoms with E-state index in [0.29, 0.717) is 16.3 Å². The number of methoxy groups -OCH3 is 1. The fourth-order valence-corrected chi connectivity index (χ4v) is 2.88. The number of aromatic nitrogens is 2. The molecule has 7 nitrogen and oxygen atoms in total. The largest absolute Gasteiger partial charge is 0.495 e. The van der Waals surface area contributed by atoms with Crippen LogP contribution in [0.4, 0.5) is 5.69 Å². The Labute approximate surface area is 129 Å². The molecule has 0 bridgehead atoms. The second-order valence-electron chi connectivity index (χ2n) is 3.94. The van der Waals surface area contributed by atoms with Gasteiger partial charge in [0.05, 0.1) is 23.4 Å². The van der Waals surface area contributed by atoms with E-state index in [1.807, 2.05) is 0 Å². The molecule has 1 heterocycles. The van der Waals surface area contributed by atoms with Crippen molar-refractivity contribution < 1.29 is 17.9 Å². The third-order valence-electron chi connectivity index (χ3n) is 2.56. The first-order chi connectivity index (χ1) is 9.82. The number of carbonyl (C=O) groups is 1. The maximum Gasteiger partial charge on any atom is 0.269 e. The number of amides is 1. The van der Waals surface area contributed by atoms with Crippen LogP contribution in [0.5, 0.6) is 5.75 Å². The van der Waals surface area contributed by atoms with E-state index in [1.54, 1.807) is 6.92 Å². The predicted molar refractivity (Wildman–Crippen MR) is 78.6 cm³/mol. The molecular weight excluding hydrogens is 338 g/mol. The Balaban J connectivity index is 2.38. The number of rotatable bonds is 4. The lowest BCUT2D eigenvalue weighted by atomic mass is 10.2. The smallest absolute Gasteiger partial charge is 0.269 e. The van der Waals surface area contributed by atoms with Gasteiger partial charge in [-0.2, -0.15) is 0 Å². The summed E-state index contributed by atoms with van der Waals surface area (Å²) >= 11 is 0.942. The number of ether oxygens (including phenoxy) is 1. The van der Waals surface area contributed by atoms with E-state index in [1.165, 1.54) is 25.3 Å². The SMILES string of the molecule is COc1ccc(S(=O)(=O)Cl)cc1NC(=O)c1snnc1C. The molecule has 0 fully saturated rings. The minimum atomic E-state index is -3.90. The maximum absolute atomic E-state index is 12.1. The van der Waals surface area contributed by atoms with Crippen molar-refractivity contribution in [1.82, 2.24) is 9.59 Å². The summed E-state index contributed by atoms with van der Waals surface area (Å²) in [7, 11) is 2.79. The number of hydrogen-bond donors (Lipinski definition) is 1. The standard InChI is InChI=1S/C11H10ClN3O4S2/c1-6-10(20-15-14-6)11(16)13-8-5-7(21(12,17)18)3-4-9(8)19-2/h3-5H,1-2H3,(H,13,16). The van der Waals surface area contributed by atoms with Crippen LogP contribution in [0.2, 0.25) is 0 Å². The van der Waals surface area contributed by atoms with Gasteiger partial charge in [-0.05, 0) is 36.7 Å². The predicted octanol–water partition coefficient (Wildman–Crippen LogP) is 2.03. The van der Waals surface area contributed by atoms with E-state index in [4.69, 9.17) is 15.4 Å². The van der Waals surface area contributed by atoms with Crippen LogP contribution in [-0.4, -0.2) is 31.0 Å². The molecule has 0 saturated carbocycles. The molecule has 112 valence electrons. The van der Waals surface area contributed by atoms with Crippen LogP contribution >= 0.6 is 22.2 Å². The zero-order valence-corrected chi connectivity index (χ0v) is 13.3. The number of nitrogens with one attached hydrogen (secondary N) is 1. The van der Waals surface area contributed by atoms with Crippen LogP contribution in [-0.2, 0) is 9.05 Å². The monoisotopic (exact) mass is 347 g/mol. The van der Waals surface area contributed by atoms with Crippen molar-refractivity contribution in [1.29, 1.82) is 0 Å². The molecular formula is C11H10ClN3O4S2. The zero-order chi connectivity index (χ0) is 15.6. The van der Waals surface area contributed by atoms with Crippen molar-refractivity contribution in [2.24, 2.45) is 0 Å². The first kappa shape index (κ1) is 15.7. The first-order valence-electron chi connectivity index (χ1n) is 5.56. The average molecular weight is 348 g/mol. The molecule has 0 spiro atoms. The molecule has 0 aliphatic rings. The van der Waals surface area contributed by atoms with E-state index < -0.39 is 15.0 Å². The van der Waals surface area contributed by atoms with Gasteiger partial charge in [0.1, 0.15) is 10.6 Å². The van der Waals surface area contributed by atoms with Crippen LogP contribution in [0.3, 0.4) is 0 Å². The van der Waals surface area contributed by atoms with Gasteiger partial charge in [0.15, 0.2) is 0 Å². The molecule has 2 rings (SSSR count). The minimum Gasteiger partial charge on any atom is -0.495 e. The highest BCUT2D eigenvalue weighted by Gasteiger charge is 2.18. The van der Waals surface area contributed by atoms with Gasteiger partial charge in [0.25, 0.3) is 15.0 Å². The maximum atomic E-state index is 12.1. The summed E-state index contributed by atoms with van der Waals surface area (Å²) in [6.45, 7) is 1.65. The molecule has 10 heteroatoms. The van der Waals surface area contributed by atoms with Gasteiger partial charge in [-0.25, -0.2) is 8.42 Å². The Morgan fingerprint density at radius 3 is 2.67 bits per heavy atom. The van der Waals surface area contributed by atoms with Crippen molar-refractivity contribution in [3.05, 3.63) is 28.8 Å². The molecule has 1 amide bonds. The fourth-order valence-electron chi connectivity index (χ4n) is 1.56. The highest BCUT2D eigenvalue weighted by atomic mass is 35.7. The fraction of sp³-hybridized carbons (Fsp3) is 0.182. The molecule has 0 unspecified atom stereocenters. The third-order valence-corrected chi connectivity index (χ3v) is 4.74. The van der Waals surface area contributed by atoms with Gasteiger partial charge in [-0.15, -0.1) is 5.10 Å². The number of aryl methyl sites for hydroxylation is 1. The molecule has 0 aliphatic carbocycles. The summed E-state index contributed by atoms with van der Waals surface area (Å²) in [5.41, 5.74) is 0.676. The van der Waals surface area contributed by atoms with E-state index in [2.05, 4.69) is 14.9 Å². The van der Waals surface area contributed by atoms with E-state index in [-0.39, 0.29) is 10.6 Å². The molecule has 1 aromatic heterocycles.